The second-order valence-electron chi connectivity index (χ2n) is 2.24. The molecule has 0 aliphatic carbocycles. The average molecular weight is 219 g/mol. The lowest BCUT2D eigenvalue weighted by atomic mass is 10.2. The van der Waals surface area contributed by atoms with Gasteiger partial charge in [0.2, 0.25) is 0 Å². The van der Waals surface area contributed by atoms with Crippen LogP contribution in [0.25, 0.3) is 0 Å². The second-order valence-corrected chi connectivity index (χ2v) is 3.09. The van der Waals surface area contributed by atoms with Gasteiger partial charge in [0.05, 0.1) is 11.6 Å². The predicted octanol–water partition coefficient (Wildman–Crippen LogP) is 2.91. The Balaban J connectivity index is 3.21. The van der Waals surface area contributed by atoms with Gasteiger partial charge in [0.15, 0.2) is 0 Å². The summed E-state index contributed by atoms with van der Waals surface area (Å²) in [5.74, 6) is 0.276. The molecule has 1 rings (SSSR count). The van der Waals surface area contributed by atoms with E-state index in [1.807, 2.05) is 6.92 Å². The van der Waals surface area contributed by atoms with Gasteiger partial charge in [0.25, 0.3) is 0 Å². The maximum atomic E-state index is 12.8. The van der Waals surface area contributed by atoms with Crippen molar-refractivity contribution < 1.29 is 9.13 Å². The number of rotatable bonds is 1. The van der Waals surface area contributed by atoms with Gasteiger partial charge in [-0.05, 0) is 34.5 Å². The third-order valence-electron chi connectivity index (χ3n) is 1.44. The molecule has 0 amide bonds. The molecule has 1 nitrogen and oxygen atoms in total. The minimum Gasteiger partial charge on any atom is -0.496 e. The van der Waals surface area contributed by atoms with Crippen LogP contribution in [0.1, 0.15) is 5.56 Å². The maximum absolute atomic E-state index is 12.8. The van der Waals surface area contributed by atoms with E-state index in [2.05, 4.69) is 15.9 Å². The molecule has 0 unspecified atom stereocenters. The molecule has 0 aliphatic rings. The van der Waals surface area contributed by atoms with Crippen LogP contribution < -0.4 is 4.74 Å². The van der Waals surface area contributed by atoms with Crippen molar-refractivity contribution in [1.29, 1.82) is 0 Å². The van der Waals surface area contributed by atoms with Crippen LogP contribution in [0.2, 0.25) is 0 Å². The Morgan fingerprint density at radius 2 is 2.09 bits per heavy atom. The summed E-state index contributed by atoms with van der Waals surface area (Å²) in [4.78, 5) is 0. The Morgan fingerprint density at radius 3 is 2.64 bits per heavy atom. The first-order valence-corrected chi connectivity index (χ1v) is 3.94. The van der Waals surface area contributed by atoms with Crippen molar-refractivity contribution in [1.82, 2.24) is 0 Å². The lowest BCUT2D eigenvalue weighted by Gasteiger charge is -2.04. The zero-order valence-corrected chi connectivity index (χ0v) is 7.90. The average Bonchev–Trinajstić information content (AvgIpc) is 1.97. The monoisotopic (exact) mass is 218 g/mol. The predicted molar refractivity (Wildman–Crippen MR) is 45.4 cm³/mol. The van der Waals surface area contributed by atoms with E-state index in [-0.39, 0.29) is 5.82 Å². The first-order chi connectivity index (χ1) is 5.15. The molecule has 1 aromatic carbocycles. The fourth-order valence-electron chi connectivity index (χ4n) is 0.848. The van der Waals surface area contributed by atoms with Gasteiger partial charge >= 0.3 is 0 Å². The van der Waals surface area contributed by atoms with E-state index in [4.69, 9.17) is 4.74 Å². The van der Waals surface area contributed by atoms with E-state index in [9.17, 15) is 4.39 Å². The first-order valence-electron chi connectivity index (χ1n) is 3.15. The third kappa shape index (κ3) is 1.71. The van der Waals surface area contributed by atoms with Crippen LogP contribution in [0, 0.1) is 12.7 Å². The van der Waals surface area contributed by atoms with Crippen LogP contribution in [-0.4, -0.2) is 7.11 Å². The van der Waals surface area contributed by atoms with Crippen LogP contribution in [0.3, 0.4) is 0 Å². The van der Waals surface area contributed by atoms with Crippen LogP contribution in [0.15, 0.2) is 16.6 Å². The van der Waals surface area contributed by atoms with Crippen LogP contribution in [0.4, 0.5) is 4.39 Å². The SMILES string of the molecule is COc1cc(F)c(Br)cc1C. The maximum Gasteiger partial charge on any atom is 0.141 e. The van der Waals surface area contributed by atoms with Crippen molar-refractivity contribution in [3.8, 4) is 5.75 Å². The lowest BCUT2D eigenvalue weighted by Crippen LogP contribution is -1.88. The number of halogens is 2. The Morgan fingerprint density at radius 1 is 1.45 bits per heavy atom. The van der Waals surface area contributed by atoms with Gasteiger partial charge < -0.3 is 4.74 Å². The van der Waals surface area contributed by atoms with Gasteiger partial charge in [-0.3, -0.25) is 0 Å². The van der Waals surface area contributed by atoms with Crippen molar-refractivity contribution in [3.05, 3.63) is 28.0 Å². The first kappa shape index (κ1) is 8.53. The fraction of sp³-hybridized carbons (Fsp3) is 0.250. The molecule has 0 spiro atoms. The van der Waals surface area contributed by atoms with E-state index in [0.717, 1.165) is 5.56 Å². The molecule has 3 heteroatoms. The number of hydrogen-bond acceptors (Lipinski definition) is 1. The van der Waals surface area contributed by atoms with E-state index >= 15 is 0 Å². The van der Waals surface area contributed by atoms with Gasteiger partial charge in [0.1, 0.15) is 11.6 Å². The third-order valence-corrected chi connectivity index (χ3v) is 2.05. The highest BCUT2D eigenvalue weighted by atomic mass is 79.9. The van der Waals surface area contributed by atoms with Crippen molar-refractivity contribution in [2.24, 2.45) is 0 Å². The van der Waals surface area contributed by atoms with E-state index in [1.54, 1.807) is 6.07 Å². The molecule has 0 N–H and O–H groups in total. The topological polar surface area (TPSA) is 9.23 Å². The molecule has 0 fully saturated rings. The van der Waals surface area contributed by atoms with Gasteiger partial charge in [-0.1, -0.05) is 0 Å². The molecule has 0 heterocycles. The van der Waals surface area contributed by atoms with Crippen LogP contribution in [-0.2, 0) is 0 Å². The summed E-state index contributed by atoms with van der Waals surface area (Å²) >= 11 is 3.08. The summed E-state index contributed by atoms with van der Waals surface area (Å²) in [5.41, 5.74) is 0.917. The van der Waals surface area contributed by atoms with Crippen molar-refractivity contribution >= 4 is 15.9 Å². The minimum atomic E-state index is -0.299. The lowest BCUT2D eigenvalue weighted by molar-refractivity contribution is 0.408. The zero-order valence-electron chi connectivity index (χ0n) is 6.32. The zero-order chi connectivity index (χ0) is 8.43. The molecule has 0 aromatic heterocycles. The molecule has 0 radical (unpaired) electrons. The number of ether oxygens (including phenoxy) is 1. The summed E-state index contributed by atoms with van der Waals surface area (Å²) in [7, 11) is 1.52. The standard InChI is InChI=1S/C8H8BrFO/c1-5-3-6(9)7(10)4-8(5)11-2/h3-4H,1-2H3. The van der Waals surface area contributed by atoms with Crippen molar-refractivity contribution in [3.63, 3.8) is 0 Å². The number of benzene rings is 1. The molecular weight excluding hydrogens is 211 g/mol. The Labute approximate surface area is 73.3 Å². The number of methoxy groups -OCH3 is 1. The van der Waals surface area contributed by atoms with Crippen LogP contribution >= 0.6 is 15.9 Å². The van der Waals surface area contributed by atoms with Crippen molar-refractivity contribution in [2.75, 3.05) is 7.11 Å². The van der Waals surface area contributed by atoms with Crippen LogP contribution in [0.5, 0.6) is 5.75 Å². The summed E-state index contributed by atoms with van der Waals surface area (Å²) in [6.07, 6.45) is 0. The largest absolute Gasteiger partial charge is 0.496 e. The Bertz CT molecular complexity index is 273. The highest BCUT2D eigenvalue weighted by molar-refractivity contribution is 9.10. The van der Waals surface area contributed by atoms with E-state index in [1.165, 1.54) is 13.2 Å². The summed E-state index contributed by atoms with van der Waals surface area (Å²) < 4.78 is 18.2. The van der Waals surface area contributed by atoms with Gasteiger partial charge in [-0.15, -0.1) is 0 Å². The van der Waals surface area contributed by atoms with Gasteiger partial charge in [-0.2, -0.15) is 0 Å². The molecule has 0 saturated carbocycles. The smallest absolute Gasteiger partial charge is 0.141 e. The van der Waals surface area contributed by atoms with E-state index in [0.29, 0.717) is 10.2 Å². The molecule has 0 aliphatic heterocycles. The summed E-state index contributed by atoms with van der Waals surface area (Å²) in [5, 5.41) is 0. The van der Waals surface area contributed by atoms with Gasteiger partial charge in [-0.25, -0.2) is 4.39 Å². The van der Waals surface area contributed by atoms with Gasteiger partial charge in [0, 0.05) is 6.07 Å². The molecule has 0 bridgehead atoms. The Kier molecular flexibility index (Phi) is 2.49. The normalized spacial score (nSPS) is 9.82. The molecule has 0 saturated heterocycles. The fourth-order valence-corrected chi connectivity index (χ4v) is 1.31. The highest BCUT2D eigenvalue weighted by Gasteiger charge is 2.03. The molecule has 60 valence electrons. The molecule has 11 heavy (non-hydrogen) atoms. The molecule has 1 aromatic rings. The number of aryl methyl sites for hydroxylation is 1. The number of hydrogen-bond donors (Lipinski definition) is 0. The highest BCUT2D eigenvalue weighted by Crippen LogP contribution is 2.24. The molecule has 0 atom stereocenters. The van der Waals surface area contributed by atoms with E-state index < -0.39 is 0 Å². The minimum absolute atomic E-state index is 0.299. The molecular formula is C8H8BrFO. The van der Waals surface area contributed by atoms with Crippen molar-refractivity contribution in [2.45, 2.75) is 6.92 Å². The second kappa shape index (κ2) is 3.22. The summed E-state index contributed by atoms with van der Waals surface area (Å²) in [6.45, 7) is 1.86. The Hall–Kier alpha value is -0.570. The quantitative estimate of drug-likeness (QED) is 0.705. The summed E-state index contributed by atoms with van der Waals surface area (Å²) in [6, 6.07) is 3.05.